The lowest BCUT2D eigenvalue weighted by atomic mass is 10.0. The lowest BCUT2D eigenvalue weighted by Gasteiger charge is -2.04. The number of benzene rings is 2. The first-order valence-electron chi connectivity index (χ1n) is 7.65. The van der Waals surface area contributed by atoms with Crippen LogP contribution in [0.2, 0.25) is 0 Å². The summed E-state index contributed by atoms with van der Waals surface area (Å²) in [6.45, 7) is 2.05. The molecule has 0 aliphatic rings. The summed E-state index contributed by atoms with van der Waals surface area (Å²) >= 11 is 1.30. The fourth-order valence-corrected chi connectivity index (χ4v) is 3.58. The summed E-state index contributed by atoms with van der Waals surface area (Å²) < 4.78 is 0.894. The molecule has 1 heterocycles. The Morgan fingerprint density at radius 2 is 1.79 bits per heavy atom. The van der Waals surface area contributed by atoms with Crippen LogP contribution in [0.4, 0.5) is 0 Å². The molecule has 24 heavy (non-hydrogen) atoms. The van der Waals surface area contributed by atoms with Crippen LogP contribution in [0.25, 0.3) is 10.1 Å². The van der Waals surface area contributed by atoms with Crippen LogP contribution in [0.3, 0.4) is 0 Å². The summed E-state index contributed by atoms with van der Waals surface area (Å²) in [6, 6.07) is 14.7. The predicted molar refractivity (Wildman–Crippen MR) is 95.8 cm³/mol. The van der Waals surface area contributed by atoms with E-state index >= 15 is 0 Å². The first kappa shape index (κ1) is 16.2. The van der Waals surface area contributed by atoms with Gasteiger partial charge in [-0.05, 0) is 24.1 Å². The van der Waals surface area contributed by atoms with E-state index in [1.54, 1.807) is 12.1 Å². The SMILES string of the molecule is CC(=O)NCCc1ccc(C(=O)c2sc3ccccc3c2O)cc1. The number of fused-ring (bicyclic) bond motifs is 1. The first-order chi connectivity index (χ1) is 11.6. The molecule has 3 aromatic rings. The van der Waals surface area contributed by atoms with Gasteiger partial charge >= 0.3 is 0 Å². The molecule has 0 saturated heterocycles. The Hall–Kier alpha value is -2.66. The molecule has 1 aromatic heterocycles. The van der Waals surface area contributed by atoms with E-state index in [1.807, 2.05) is 36.4 Å². The summed E-state index contributed by atoms with van der Waals surface area (Å²) in [5.41, 5.74) is 1.58. The maximum absolute atomic E-state index is 12.6. The van der Waals surface area contributed by atoms with Gasteiger partial charge in [0.25, 0.3) is 0 Å². The molecule has 0 spiro atoms. The van der Waals surface area contributed by atoms with E-state index in [-0.39, 0.29) is 17.4 Å². The van der Waals surface area contributed by atoms with Crippen molar-refractivity contribution in [1.29, 1.82) is 0 Å². The number of carbonyl (C=O) groups excluding carboxylic acids is 2. The minimum atomic E-state index is -0.179. The monoisotopic (exact) mass is 339 g/mol. The van der Waals surface area contributed by atoms with E-state index in [2.05, 4.69) is 5.32 Å². The second-order valence-electron chi connectivity index (χ2n) is 5.53. The van der Waals surface area contributed by atoms with Crippen molar-refractivity contribution >= 4 is 33.1 Å². The van der Waals surface area contributed by atoms with E-state index in [0.29, 0.717) is 28.8 Å². The zero-order chi connectivity index (χ0) is 17.1. The highest BCUT2D eigenvalue weighted by atomic mass is 32.1. The van der Waals surface area contributed by atoms with Crippen LogP contribution in [0, 0.1) is 0 Å². The number of aromatic hydroxyl groups is 1. The zero-order valence-electron chi connectivity index (χ0n) is 13.2. The smallest absolute Gasteiger partial charge is 0.216 e. The Bertz CT molecular complexity index is 897. The second-order valence-corrected chi connectivity index (χ2v) is 6.59. The van der Waals surface area contributed by atoms with Crippen LogP contribution in [-0.4, -0.2) is 23.3 Å². The highest BCUT2D eigenvalue weighted by Gasteiger charge is 2.19. The number of hydrogen-bond acceptors (Lipinski definition) is 4. The fourth-order valence-electron chi connectivity index (χ4n) is 2.52. The van der Waals surface area contributed by atoms with Gasteiger partial charge in [-0.1, -0.05) is 36.4 Å². The van der Waals surface area contributed by atoms with Crippen LogP contribution in [0.5, 0.6) is 5.75 Å². The molecule has 0 aliphatic heterocycles. The molecule has 0 saturated carbocycles. The number of carbonyl (C=O) groups is 2. The molecule has 2 N–H and O–H groups in total. The normalized spacial score (nSPS) is 10.7. The van der Waals surface area contributed by atoms with Crippen molar-refractivity contribution in [3.05, 3.63) is 64.5 Å². The van der Waals surface area contributed by atoms with Crippen molar-refractivity contribution in [3.63, 3.8) is 0 Å². The number of ketones is 1. The molecule has 0 unspecified atom stereocenters. The number of hydrogen-bond donors (Lipinski definition) is 2. The predicted octanol–water partition coefficient (Wildman–Crippen LogP) is 3.52. The largest absolute Gasteiger partial charge is 0.506 e. The maximum atomic E-state index is 12.6. The standard InChI is InChI=1S/C19H17NO3S/c1-12(21)20-11-10-13-6-8-14(9-7-13)17(22)19-18(23)15-4-2-3-5-16(15)24-19/h2-9,23H,10-11H2,1H3,(H,20,21). The summed E-state index contributed by atoms with van der Waals surface area (Å²) in [5, 5.41) is 13.7. The minimum Gasteiger partial charge on any atom is -0.506 e. The molecule has 3 rings (SSSR count). The van der Waals surface area contributed by atoms with Crippen molar-refractivity contribution in [2.75, 3.05) is 6.54 Å². The molecule has 0 atom stereocenters. The van der Waals surface area contributed by atoms with E-state index in [0.717, 1.165) is 10.3 Å². The number of thiophene rings is 1. The van der Waals surface area contributed by atoms with E-state index in [1.165, 1.54) is 18.3 Å². The Morgan fingerprint density at radius 3 is 2.46 bits per heavy atom. The molecule has 0 radical (unpaired) electrons. The third kappa shape index (κ3) is 3.31. The van der Waals surface area contributed by atoms with Gasteiger partial charge in [0.05, 0.1) is 0 Å². The quantitative estimate of drug-likeness (QED) is 0.699. The first-order valence-corrected chi connectivity index (χ1v) is 8.46. The van der Waals surface area contributed by atoms with E-state index in [4.69, 9.17) is 0 Å². The molecule has 5 heteroatoms. The molecule has 122 valence electrons. The van der Waals surface area contributed by atoms with Crippen LogP contribution in [0.1, 0.15) is 27.7 Å². The number of rotatable bonds is 5. The van der Waals surface area contributed by atoms with Crippen LogP contribution in [-0.2, 0) is 11.2 Å². The van der Waals surface area contributed by atoms with Crippen molar-refractivity contribution in [3.8, 4) is 5.75 Å². The Labute approximate surface area is 143 Å². The van der Waals surface area contributed by atoms with Gasteiger partial charge in [-0.25, -0.2) is 0 Å². The number of amides is 1. The lowest BCUT2D eigenvalue weighted by Crippen LogP contribution is -2.22. The lowest BCUT2D eigenvalue weighted by molar-refractivity contribution is -0.118. The third-order valence-corrected chi connectivity index (χ3v) is 4.94. The zero-order valence-corrected chi connectivity index (χ0v) is 14.0. The Morgan fingerprint density at radius 1 is 1.08 bits per heavy atom. The topological polar surface area (TPSA) is 66.4 Å². The van der Waals surface area contributed by atoms with Gasteiger partial charge in [0, 0.05) is 29.1 Å². The van der Waals surface area contributed by atoms with Gasteiger partial charge in [-0.2, -0.15) is 0 Å². The molecule has 0 fully saturated rings. The molecule has 0 aliphatic carbocycles. The van der Waals surface area contributed by atoms with Crippen LogP contribution >= 0.6 is 11.3 Å². The van der Waals surface area contributed by atoms with Crippen molar-refractivity contribution < 1.29 is 14.7 Å². The van der Waals surface area contributed by atoms with E-state index < -0.39 is 0 Å². The summed E-state index contributed by atoms with van der Waals surface area (Å²) in [7, 11) is 0. The van der Waals surface area contributed by atoms with Crippen LogP contribution < -0.4 is 5.32 Å². The molecule has 4 nitrogen and oxygen atoms in total. The van der Waals surface area contributed by atoms with Crippen molar-refractivity contribution in [2.24, 2.45) is 0 Å². The van der Waals surface area contributed by atoms with E-state index in [9.17, 15) is 14.7 Å². The second kappa shape index (κ2) is 6.84. The summed E-state index contributed by atoms with van der Waals surface area (Å²) in [6.07, 6.45) is 0.711. The maximum Gasteiger partial charge on any atom is 0.216 e. The summed E-state index contributed by atoms with van der Waals surface area (Å²) in [4.78, 5) is 23.9. The van der Waals surface area contributed by atoms with Gasteiger partial charge in [-0.15, -0.1) is 11.3 Å². The fraction of sp³-hybridized carbons (Fsp3) is 0.158. The molecule has 2 aromatic carbocycles. The van der Waals surface area contributed by atoms with Gasteiger partial charge in [0.1, 0.15) is 10.6 Å². The third-order valence-electron chi connectivity index (χ3n) is 3.78. The summed E-state index contributed by atoms with van der Waals surface area (Å²) in [5.74, 6) is -0.181. The van der Waals surface area contributed by atoms with Gasteiger partial charge < -0.3 is 10.4 Å². The molecule has 1 amide bonds. The number of nitrogens with one attached hydrogen (secondary N) is 1. The van der Waals surface area contributed by atoms with Crippen molar-refractivity contribution in [2.45, 2.75) is 13.3 Å². The minimum absolute atomic E-state index is 0.0512. The van der Waals surface area contributed by atoms with Gasteiger partial charge in [-0.3, -0.25) is 9.59 Å². The van der Waals surface area contributed by atoms with Gasteiger partial charge in [0.2, 0.25) is 11.7 Å². The van der Waals surface area contributed by atoms with Crippen molar-refractivity contribution in [1.82, 2.24) is 5.32 Å². The average molecular weight is 339 g/mol. The average Bonchev–Trinajstić information content (AvgIpc) is 2.92. The van der Waals surface area contributed by atoms with Gasteiger partial charge in [0.15, 0.2) is 0 Å². The highest BCUT2D eigenvalue weighted by molar-refractivity contribution is 7.21. The Balaban J connectivity index is 1.79. The Kier molecular flexibility index (Phi) is 4.62. The highest BCUT2D eigenvalue weighted by Crippen LogP contribution is 2.37. The molecule has 0 bridgehead atoms. The molecular formula is C19H17NO3S. The molecular weight excluding hydrogens is 322 g/mol. The van der Waals surface area contributed by atoms with Crippen LogP contribution in [0.15, 0.2) is 48.5 Å².